The van der Waals surface area contributed by atoms with Gasteiger partial charge >= 0.3 is 0 Å². The summed E-state index contributed by atoms with van der Waals surface area (Å²) in [7, 11) is -3.88. The number of hydrazine groups is 1. The Morgan fingerprint density at radius 3 is 2.00 bits per heavy atom. The number of rotatable bonds is 4. The summed E-state index contributed by atoms with van der Waals surface area (Å²) in [5.41, 5.74) is 2.11. The van der Waals surface area contributed by atoms with Gasteiger partial charge in [-0.3, -0.25) is 9.56 Å². The van der Waals surface area contributed by atoms with Gasteiger partial charge in [0.25, 0.3) is 10.1 Å². The van der Waals surface area contributed by atoms with Gasteiger partial charge in [-0.25, -0.2) is 5.84 Å². The molecule has 0 fully saturated rings. The fraction of sp³-hybridized carbons (Fsp3) is 0.231. The molecule has 6 nitrogen and oxygen atoms in total. The van der Waals surface area contributed by atoms with E-state index >= 15 is 0 Å². The number of nitrogens with zero attached hydrogens (tertiary/aromatic N) is 2. The molecule has 3 N–H and O–H groups in total. The van der Waals surface area contributed by atoms with Gasteiger partial charge in [0.2, 0.25) is 0 Å². The van der Waals surface area contributed by atoms with Gasteiger partial charge in [-0.15, -0.1) is 0 Å². The molecule has 0 saturated carbocycles. The van der Waals surface area contributed by atoms with Crippen molar-refractivity contribution in [3.63, 3.8) is 0 Å². The van der Waals surface area contributed by atoms with Crippen LogP contribution < -0.4 is 5.84 Å². The number of allylic oxidation sites excluding steroid dienone is 6. The molecular formula is C13H17N3O3S. The molecule has 0 atom stereocenters. The molecule has 108 valence electrons. The Morgan fingerprint density at radius 2 is 1.50 bits per heavy atom. The average molecular weight is 295 g/mol. The topological polar surface area (TPSA) is 86.9 Å². The van der Waals surface area contributed by atoms with Crippen LogP contribution in [0.3, 0.4) is 0 Å². The SMILES string of the molecule is NN1C=CC(=C2C=CN(CCCS(=O)(=O)O)C=C2)C=C1. The van der Waals surface area contributed by atoms with E-state index in [0.29, 0.717) is 13.0 Å². The van der Waals surface area contributed by atoms with E-state index < -0.39 is 10.1 Å². The molecule has 0 bridgehead atoms. The summed E-state index contributed by atoms with van der Waals surface area (Å²) in [6.07, 6.45) is 15.4. The van der Waals surface area contributed by atoms with Crippen LogP contribution in [0, 0.1) is 0 Å². The van der Waals surface area contributed by atoms with E-state index in [1.807, 2.05) is 41.6 Å². The maximum atomic E-state index is 10.6. The van der Waals surface area contributed by atoms with Crippen molar-refractivity contribution in [3.05, 3.63) is 60.3 Å². The molecule has 2 aliphatic heterocycles. The largest absolute Gasteiger partial charge is 0.354 e. The minimum atomic E-state index is -3.88. The third kappa shape index (κ3) is 4.37. The molecule has 0 amide bonds. The average Bonchev–Trinajstić information content (AvgIpc) is 2.39. The fourth-order valence-electron chi connectivity index (χ4n) is 1.86. The highest BCUT2D eigenvalue weighted by atomic mass is 32.2. The van der Waals surface area contributed by atoms with E-state index in [-0.39, 0.29) is 5.75 Å². The normalized spacial score (nSPS) is 18.3. The first-order valence-corrected chi connectivity index (χ1v) is 7.76. The molecule has 7 heteroatoms. The molecular weight excluding hydrogens is 278 g/mol. The minimum Gasteiger partial charge on any atom is -0.354 e. The third-order valence-electron chi connectivity index (χ3n) is 2.90. The van der Waals surface area contributed by atoms with Gasteiger partial charge in [0, 0.05) is 31.3 Å². The van der Waals surface area contributed by atoms with Crippen LogP contribution in [0.25, 0.3) is 0 Å². The molecule has 2 aliphatic rings. The van der Waals surface area contributed by atoms with E-state index in [4.69, 9.17) is 10.4 Å². The van der Waals surface area contributed by atoms with Crippen LogP contribution in [0.4, 0.5) is 0 Å². The summed E-state index contributed by atoms with van der Waals surface area (Å²) in [5.74, 6) is 5.34. The fourth-order valence-corrected chi connectivity index (χ4v) is 2.35. The zero-order valence-corrected chi connectivity index (χ0v) is 11.7. The van der Waals surface area contributed by atoms with Crippen molar-refractivity contribution in [3.8, 4) is 0 Å². The quantitative estimate of drug-likeness (QED) is 0.597. The van der Waals surface area contributed by atoms with Crippen molar-refractivity contribution >= 4 is 10.1 Å². The monoisotopic (exact) mass is 295 g/mol. The van der Waals surface area contributed by atoms with E-state index in [0.717, 1.165) is 11.1 Å². The van der Waals surface area contributed by atoms with Gasteiger partial charge in [0.05, 0.1) is 5.75 Å². The van der Waals surface area contributed by atoms with E-state index in [2.05, 4.69) is 0 Å². The smallest absolute Gasteiger partial charge is 0.264 e. The first-order chi connectivity index (χ1) is 9.44. The molecule has 0 aromatic rings. The van der Waals surface area contributed by atoms with Crippen molar-refractivity contribution in [2.75, 3.05) is 12.3 Å². The molecule has 0 aromatic heterocycles. The van der Waals surface area contributed by atoms with Crippen LogP contribution in [-0.2, 0) is 10.1 Å². The molecule has 0 radical (unpaired) electrons. The minimum absolute atomic E-state index is 0.225. The Kier molecular flexibility index (Phi) is 4.43. The van der Waals surface area contributed by atoms with Crippen molar-refractivity contribution in [2.45, 2.75) is 6.42 Å². The van der Waals surface area contributed by atoms with E-state index in [1.165, 1.54) is 5.01 Å². The van der Waals surface area contributed by atoms with Crippen molar-refractivity contribution < 1.29 is 13.0 Å². The summed E-state index contributed by atoms with van der Waals surface area (Å²) >= 11 is 0. The second-order valence-corrected chi connectivity index (χ2v) is 6.07. The van der Waals surface area contributed by atoms with Crippen molar-refractivity contribution in [2.24, 2.45) is 5.84 Å². The summed E-state index contributed by atoms with van der Waals surface area (Å²) in [4.78, 5) is 1.88. The van der Waals surface area contributed by atoms with Gasteiger partial charge in [0.1, 0.15) is 0 Å². The number of hydrogen-bond acceptors (Lipinski definition) is 5. The van der Waals surface area contributed by atoms with Crippen LogP contribution in [0.1, 0.15) is 6.42 Å². The molecule has 0 spiro atoms. The third-order valence-corrected chi connectivity index (χ3v) is 3.70. The van der Waals surface area contributed by atoms with Gasteiger partial charge in [-0.2, -0.15) is 8.42 Å². The summed E-state index contributed by atoms with van der Waals surface area (Å²) < 4.78 is 29.9. The maximum Gasteiger partial charge on any atom is 0.264 e. The van der Waals surface area contributed by atoms with Crippen LogP contribution in [0.15, 0.2) is 60.3 Å². The Bertz CT molecular complexity index is 583. The highest BCUT2D eigenvalue weighted by molar-refractivity contribution is 7.85. The molecule has 0 aliphatic carbocycles. The summed E-state index contributed by atoms with van der Waals surface area (Å²) in [6.45, 7) is 0.539. The van der Waals surface area contributed by atoms with Gasteiger partial charge in [0.15, 0.2) is 0 Å². The predicted octanol–water partition coefficient (Wildman–Crippen LogP) is 1.12. The number of nitrogens with two attached hydrogens (primary N) is 1. The second-order valence-electron chi connectivity index (χ2n) is 4.50. The van der Waals surface area contributed by atoms with Crippen molar-refractivity contribution in [1.82, 2.24) is 9.91 Å². The van der Waals surface area contributed by atoms with Crippen LogP contribution in [-0.4, -0.2) is 35.2 Å². The Labute approximate surface area is 118 Å². The second kappa shape index (κ2) is 6.08. The molecule has 20 heavy (non-hydrogen) atoms. The van der Waals surface area contributed by atoms with Gasteiger partial charge in [-0.1, -0.05) is 0 Å². The highest BCUT2D eigenvalue weighted by Gasteiger charge is 2.08. The molecule has 0 saturated heterocycles. The standard InChI is InChI=1S/C13H17N3O3S/c14-16-9-4-13(5-10-16)12-2-7-15(8-3-12)6-1-11-20(17,18)19/h2-5,7-10H,1,6,11,14H2,(H,17,18,19). The zero-order chi connectivity index (χ0) is 14.6. The van der Waals surface area contributed by atoms with E-state index in [1.54, 1.807) is 12.4 Å². The van der Waals surface area contributed by atoms with Crippen LogP contribution in [0.2, 0.25) is 0 Å². The number of hydrogen-bond donors (Lipinski definition) is 2. The summed E-state index contributed by atoms with van der Waals surface area (Å²) in [5, 5.41) is 1.47. The Balaban J connectivity index is 1.92. The van der Waals surface area contributed by atoms with Gasteiger partial charge < -0.3 is 4.90 Å². The van der Waals surface area contributed by atoms with E-state index in [9.17, 15) is 8.42 Å². The van der Waals surface area contributed by atoms with Gasteiger partial charge in [-0.05, 0) is 41.9 Å². The molecule has 0 aromatic carbocycles. The predicted molar refractivity (Wildman–Crippen MR) is 77.4 cm³/mol. The molecule has 0 unspecified atom stereocenters. The Hall–Kier alpha value is -1.83. The van der Waals surface area contributed by atoms with Crippen LogP contribution >= 0.6 is 0 Å². The van der Waals surface area contributed by atoms with Crippen LogP contribution in [0.5, 0.6) is 0 Å². The lowest BCUT2D eigenvalue weighted by Crippen LogP contribution is -2.19. The lowest BCUT2D eigenvalue weighted by molar-refractivity contribution is 0.464. The molecule has 2 heterocycles. The highest BCUT2D eigenvalue weighted by Crippen LogP contribution is 2.18. The Morgan fingerprint density at radius 1 is 1.00 bits per heavy atom. The first-order valence-electron chi connectivity index (χ1n) is 6.15. The van der Waals surface area contributed by atoms with Crippen molar-refractivity contribution in [1.29, 1.82) is 0 Å². The summed E-state index contributed by atoms with van der Waals surface area (Å²) in [6, 6.07) is 0. The zero-order valence-electron chi connectivity index (χ0n) is 10.9. The lowest BCUT2D eigenvalue weighted by Gasteiger charge is -2.20. The lowest BCUT2D eigenvalue weighted by atomic mass is 10.1. The maximum absolute atomic E-state index is 10.6. The first kappa shape index (κ1) is 14.6. The molecule has 2 rings (SSSR count).